The Balaban J connectivity index is 2.65. The molecule has 0 radical (unpaired) electrons. The molecule has 1 saturated heterocycles. The summed E-state index contributed by atoms with van der Waals surface area (Å²) in [7, 11) is 1.17. The molecule has 1 heterocycles. The van der Waals surface area contributed by atoms with Crippen LogP contribution < -0.4 is 10.6 Å². The minimum atomic E-state index is -1.76. The van der Waals surface area contributed by atoms with Crippen LogP contribution in [0.2, 0.25) is 0 Å². The van der Waals surface area contributed by atoms with Crippen LogP contribution in [0, 0.1) is 5.41 Å². The predicted molar refractivity (Wildman–Crippen MR) is 127 cm³/mol. The lowest BCUT2D eigenvalue weighted by atomic mass is 9.94. The quantitative estimate of drug-likeness (QED) is 0.147. The summed E-state index contributed by atoms with van der Waals surface area (Å²) in [6.45, 7) is 8.06. The number of hydrogen-bond acceptors (Lipinski definition) is 9. The van der Waals surface area contributed by atoms with Crippen LogP contribution >= 0.6 is 0 Å². The predicted octanol–water partition coefficient (Wildman–Crippen LogP) is 0.793. The molecule has 11 nitrogen and oxygen atoms in total. The lowest BCUT2D eigenvalue weighted by Gasteiger charge is -2.28. The van der Waals surface area contributed by atoms with Gasteiger partial charge < -0.3 is 40.2 Å². The van der Waals surface area contributed by atoms with Crippen LogP contribution in [0.5, 0.6) is 0 Å². The summed E-state index contributed by atoms with van der Waals surface area (Å²) in [5.41, 5.74) is -0.260. The molecule has 0 spiro atoms. The fraction of sp³-hybridized carbons (Fsp3) is 0.792. The highest BCUT2D eigenvalue weighted by molar-refractivity contribution is 5.89. The average molecular weight is 503 g/mol. The number of carbonyl (C=O) groups excluding carboxylic acids is 3. The molecule has 11 heteroatoms. The summed E-state index contributed by atoms with van der Waals surface area (Å²) in [6, 6.07) is -0.968. The van der Waals surface area contributed by atoms with Gasteiger partial charge in [0.2, 0.25) is 5.91 Å². The van der Waals surface area contributed by atoms with Gasteiger partial charge in [-0.3, -0.25) is 9.59 Å². The summed E-state index contributed by atoms with van der Waals surface area (Å²) in [5.74, 6) is -1.32. The number of aliphatic hydroxyl groups is 3. The van der Waals surface area contributed by atoms with Gasteiger partial charge in [0.15, 0.2) is 6.10 Å². The number of carbonyl (C=O) groups is 3. The van der Waals surface area contributed by atoms with Crippen molar-refractivity contribution >= 4 is 18.0 Å². The lowest BCUT2D eigenvalue weighted by molar-refractivity contribution is -0.150. The van der Waals surface area contributed by atoms with Gasteiger partial charge in [-0.2, -0.15) is 0 Å². The number of methoxy groups -OCH3 is 1. The summed E-state index contributed by atoms with van der Waals surface area (Å²) in [5, 5.41) is 36.0. The highest BCUT2D eigenvalue weighted by Gasteiger charge is 2.37. The number of unbranched alkanes of at least 4 members (excludes halogenated alkanes) is 2. The van der Waals surface area contributed by atoms with Gasteiger partial charge in [-0.15, -0.1) is 0 Å². The van der Waals surface area contributed by atoms with Crippen molar-refractivity contribution in [2.75, 3.05) is 20.3 Å². The Labute approximate surface area is 207 Å². The van der Waals surface area contributed by atoms with Gasteiger partial charge in [-0.25, -0.2) is 4.79 Å². The first-order valence-corrected chi connectivity index (χ1v) is 12.1. The van der Waals surface area contributed by atoms with E-state index < -0.39 is 54.5 Å². The molecule has 35 heavy (non-hydrogen) atoms. The fourth-order valence-corrected chi connectivity index (χ4v) is 3.38. The zero-order valence-electron chi connectivity index (χ0n) is 21.4. The van der Waals surface area contributed by atoms with Crippen molar-refractivity contribution in [3.8, 4) is 0 Å². The monoisotopic (exact) mass is 502 g/mol. The molecule has 0 saturated carbocycles. The van der Waals surface area contributed by atoms with Crippen LogP contribution in [0.25, 0.3) is 0 Å². The minimum Gasteiger partial charge on any atom is -0.434 e. The first-order chi connectivity index (χ1) is 16.4. The van der Waals surface area contributed by atoms with Crippen LogP contribution in [0.15, 0.2) is 12.2 Å². The third-order valence-electron chi connectivity index (χ3n) is 5.46. The minimum absolute atomic E-state index is 0.0661. The van der Waals surface area contributed by atoms with Crippen molar-refractivity contribution < 1.29 is 43.9 Å². The van der Waals surface area contributed by atoms with Gasteiger partial charge in [-0.1, -0.05) is 52.7 Å². The maximum Gasteiger partial charge on any atom is 0.508 e. The van der Waals surface area contributed by atoms with Crippen molar-refractivity contribution in [2.45, 2.75) is 96.4 Å². The van der Waals surface area contributed by atoms with Gasteiger partial charge in [0.25, 0.3) is 5.91 Å². The molecule has 1 aliphatic heterocycles. The second-order valence-corrected chi connectivity index (χ2v) is 9.78. The van der Waals surface area contributed by atoms with Crippen molar-refractivity contribution in [3.05, 3.63) is 12.2 Å². The smallest absolute Gasteiger partial charge is 0.434 e. The third kappa shape index (κ3) is 11.4. The lowest BCUT2D eigenvalue weighted by Crippen LogP contribution is -2.55. The molecular weight excluding hydrogens is 460 g/mol. The van der Waals surface area contributed by atoms with E-state index >= 15 is 0 Å². The number of aliphatic hydroxyl groups excluding tert-OH is 3. The highest BCUT2D eigenvalue weighted by atomic mass is 16.7. The SMILES string of the molecule is CCCCCOC(=O)O[C@@H]1CC[C@H](NC(=O)[C@H](OC)[C@H](O)[C@@H](O)[C@H](O)/C=C/C(C)(C)C)C(=O)NC1. The van der Waals surface area contributed by atoms with E-state index in [1.54, 1.807) is 6.08 Å². The van der Waals surface area contributed by atoms with Gasteiger partial charge >= 0.3 is 6.16 Å². The maximum atomic E-state index is 12.7. The number of amides is 2. The number of rotatable bonds is 12. The molecule has 202 valence electrons. The van der Waals surface area contributed by atoms with E-state index in [2.05, 4.69) is 10.6 Å². The van der Waals surface area contributed by atoms with E-state index in [0.29, 0.717) is 0 Å². The Bertz CT molecular complexity index is 708. The number of nitrogens with one attached hydrogen (secondary N) is 2. The summed E-state index contributed by atoms with van der Waals surface area (Å²) in [6.07, 6.45) is -1.72. The molecule has 1 aliphatic rings. The Morgan fingerprint density at radius 1 is 1.17 bits per heavy atom. The van der Waals surface area contributed by atoms with E-state index in [4.69, 9.17) is 14.2 Å². The van der Waals surface area contributed by atoms with Crippen molar-refractivity contribution in [1.29, 1.82) is 0 Å². The Morgan fingerprint density at radius 3 is 2.46 bits per heavy atom. The molecule has 5 N–H and O–H groups in total. The standard InChI is InChI=1S/C24H42N2O9/c1-6-7-8-13-34-23(32)35-15-9-10-16(21(30)25-14-15)26-22(31)20(33-5)19(29)18(28)17(27)11-12-24(2,3)4/h11-12,15-20,27-29H,6-10,13-14H2,1-5H3,(H,25,30)(H,26,31)/b12-11+/t15-,16+,17-,18+,19-,20-/m1/s1. The van der Waals surface area contributed by atoms with E-state index in [0.717, 1.165) is 19.3 Å². The molecule has 1 rings (SSSR count). The van der Waals surface area contributed by atoms with Gasteiger partial charge in [0, 0.05) is 7.11 Å². The second kappa shape index (κ2) is 15.0. The van der Waals surface area contributed by atoms with E-state index in [9.17, 15) is 29.7 Å². The van der Waals surface area contributed by atoms with Crippen LogP contribution in [0.4, 0.5) is 4.79 Å². The second-order valence-electron chi connectivity index (χ2n) is 9.78. The molecule has 2 amide bonds. The highest BCUT2D eigenvalue weighted by Crippen LogP contribution is 2.17. The molecule has 6 atom stereocenters. The summed E-state index contributed by atoms with van der Waals surface area (Å²) in [4.78, 5) is 37.0. The van der Waals surface area contributed by atoms with Crippen LogP contribution in [0.1, 0.15) is 59.8 Å². The molecule has 0 aromatic rings. The first-order valence-electron chi connectivity index (χ1n) is 12.1. The Kier molecular flexibility index (Phi) is 13.2. The topological polar surface area (TPSA) is 164 Å². The largest absolute Gasteiger partial charge is 0.508 e. The summed E-state index contributed by atoms with van der Waals surface area (Å²) < 4.78 is 15.3. The van der Waals surface area contributed by atoms with Gasteiger partial charge in [0.05, 0.1) is 13.2 Å². The number of ether oxygens (including phenoxy) is 3. The Hall–Kier alpha value is -2.21. The molecule has 0 aromatic carbocycles. The molecule has 0 aromatic heterocycles. The van der Waals surface area contributed by atoms with E-state index in [1.165, 1.54) is 13.2 Å². The van der Waals surface area contributed by atoms with Crippen molar-refractivity contribution in [1.82, 2.24) is 10.6 Å². The number of allylic oxidation sites excluding steroid dienone is 1. The van der Waals surface area contributed by atoms with Crippen molar-refractivity contribution in [3.63, 3.8) is 0 Å². The van der Waals surface area contributed by atoms with Crippen LogP contribution in [-0.2, 0) is 23.8 Å². The molecular formula is C24H42N2O9. The molecule has 0 bridgehead atoms. The van der Waals surface area contributed by atoms with Crippen LogP contribution in [0.3, 0.4) is 0 Å². The molecule has 1 fully saturated rings. The van der Waals surface area contributed by atoms with E-state index in [1.807, 2.05) is 27.7 Å². The maximum absolute atomic E-state index is 12.7. The Morgan fingerprint density at radius 2 is 1.86 bits per heavy atom. The zero-order chi connectivity index (χ0) is 26.6. The molecule has 0 unspecified atom stereocenters. The van der Waals surface area contributed by atoms with E-state index in [-0.39, 0.29) is 31.4 Å². The van der Waals surface area contributed by atoms with Crippen LogP contribution in [-0.4, -0.2) is 90.1 Å². The zero-order valence-corrected chi connectivity index (χ0v) is 21.4. The van der Waals surface area contributed by atoms with Crippen molar-refractivity contribution in [2.24, 2.45) is 5.41 Å². The normalized spacial score (nSPS) is 22.5. The third-order valence-corrected chi connectivity index (χ3v) is 5.46. The number of hydrogen-bond donors (Lipinski definition) is 5. The van der Waals surface area contributed by atoms with Gasteiger partial charge in [0.1, 0.15) is 30.5 Å². The summed E-state index contributed by atoms with van der Waals surface area (Å²) >= 11 is 0. The van der Waals surface area contributed by atoms with Gasteiger partial charge in [-0.05, 0) is 24.7 Å². The fourth-order valence-electron chi connectivity index (χ4n) is 3.38. The average Bonchev–Trinajstić information content (AvgIpc) is 2.96. The molecule has 0 aliphatic carbocycles. The first kappa shape index (κ1) is 30.8.